The molecule has 0 fully saturated rings. The summed E-state index contributed by atoms with van der Waals surface area (Å²) >= 11 is 3.23. The van der Waals surface area contributed by atoms with E-state index in [1.54, 1.807) is 6.07 Å². The number of hydrogen-bond donors (Lipinski definition) is 2. The molecule has 3 N–H and O–H groups in total. The highest BCUT2D eigenvalue weighted by Crippen LogP contribution is 2.21. The van der Waals surface area contributed by atoms with Crippen LogP contribution in [0.15, 0.2) is 16.9 Å². The van der Waals surface area contributed by atoms with Crippen molar-refractivity contribution < 1.29 is 9.90 Å². The third kappa shape index (κ3) is 1.93. The fraction of sp³-hybridized carbons (Fsp3) is 0.333. The Morgan fingerprint density at radius 1 is 1.71 bits per heavy atom. The van der Waals surface area contributed by atoms with Crippen LogP contribution >= 0.6 is 15.9 Å². The topological polar surface area (TPSA) is 76.2 Å². The molecule has 0 aliphatic carbocycles. The van der Waals surface area contributed by atoms with Crippen LogP contribution in [0.4, 0.5) is 0 Å². The Labute approximate surface area is 90.3 Å². The number of carbonyl (C=O) groups is 1. The number of aromatic nitrogens is 1. The first-order valence-electron chi connectivity index (χ1n) is 4.00. The fourth-order valence-corrected chi connectivity index (χ4v) is 1.18. The van der Waals surface area contributed by atoms with Gasteiger partial charge in [-0.25, -0.2) is 9.78 Å². The number of nitrogens with zero attached hydrogens (tertiary/aromatic N) is 1. The first-order valence-corrected chi connectivity index (χ1v) is 4.80. The second-order valence-corrected chi connectivity index (χ2v) is 4.09. The lowest BCUT2D eigenvalue weighted by Gasteiger charge is -2.19. The van der Waals surface area contributed by atoms with Crippen LogP contribution in [0.3, 0.4) is 0 Å². The standard InChI is InChI=1S/C9H11BrN2O2/c1-5-3-6(4-12-7(5)10)9(2,11)8(13)14/h3-4H,11H2,1-2H3,(H,13,14). The molecule has 1 unspecified atom stereocenters. The van der Waals surface area contributed by atoms with Crippen molar-refractivity contribution in [3.8, 4) is 0 Å². The molecule has 1 rings (SSSR count). The lowest BCUT2D eigenvalue weighted by molar-refractivity contribution is -0.143. The lowest BCUT2D eigenvalue weighted by atomic mass is 9.94. The van der Waals surface area contributed by atoms with E-state index in [0.29, 0.717) is 10.2 Å². The minimum absolute atomic E-state index is 0.491. The number of carboxylic acid groups (broad SMARTS) is 1. The van der Waals surface area contributed by atoms with Gasteiger partial charge in [0, 0.05) is 11.8 Å². The zero-order valence-electron chi connectivity index (χ0n) is 7.91. The quantitative estimate of drug-likeness (QED) is 0.787. The highest BCUT2D eigenvalue weighted by Gasteiger charge is 2.30. The minimum atomic E-state index is -1.39. The molecule has 0 aliphatic rings. The average molecular weight is 259 g/mol. The molecule has 0 saturated heterocycles. The van der Waals surface area contributed by atoms with E-state index in [-0.39, 0.29) is 0 Å². The van der Waals surface area contributed by atoms with Crippen LogP contribution in [0.1, 0.15) is 18.1 Å². The molecule has 0 aromatic carbocycles. The highest BCUT2D eigenvalue weighted by molar-refractivity contribution is 9.10. The van der Waals surface area contributed by atoms with E-state index in [1.807, 2.05) is 6.92 Å². The summed E-state index contributed by atoms with van der Waals surface area (Å²) in [6.07, 6.45) is 1.46. The first kappa shape index (κ1) is 11.1. The number of rotatable bonds is 2. The van der Waals surface area contributed by atoms with Gasteiger partial charge in [0.1, 0.15) is 10.1 Å². The molecule has 1 atom stereocenters. The van der Waals surface area contributed by atoms with Gasteiger partial charge < -0.3 is 10.8 Å². The Hall–Kier alpha value is -0.940. The van der Waals surface area contributed by atoms with Gasteiger partial charge in [0.15, 0.2) is 0 Å². The Bertz CT molecular complexity index is 377. The van der Waals surface area contributed by atoms with E-state index in [1.165, 1.54) is 13.1 Å². The summed E-state index contributed by atoms with van der Waals surface area (Å²) in [4.78, 5) is 14.9. The first-order chi connectivity index (χ1) is 6.35. The third-order valence-electron chi connectivity index (χ3n) is 2.06. The lowest BCUT2D eigenvalue weighted by Crippen LogP contribution is -2.41. The zero-order chi connectivity index (χ0) is 10.9. The smallest absolute Gasteiger partial charge is 0.328 e. The largest absolute Gasteiger partial charge is 0.480 e. The van der Waals surface area contributed by atoms with Crippen LogP contribution in [-0.2, 0) is 10.3 Å². The van der Waals surface area contributed by atoms with Crippen molar-refractivity contribution in [3.63, 3.8) is 0 Å². The Balaban J connectivity index is 3.21. The third-order valence-corrected chi connectivity index (χ3v) is 2.89. The second kappa shape index (κ2) is 3.67. The van der Waals surface area contributed by atoms with Crippen LogP contribution < -0.4 is 5.73 Å². The molecule has 76 valence electrons. The van der Waals surface area contributed by atoms with Crippen molar-refractivity contribution >= 4 is 21.9 Å². The van der Waals surface area contributed by atoms with E-state index in [4.69, 9.17) is 10.8 Å². The van der Waals surface area contributed by atoms with E-state index in [2.05, 4.69) is 20.9 Å². The zero-order valence-corrected chi connectivity index (χ0v) is 9.50. The van der Waals surface area contributed by atoms with Crippen LogP contribution in [-0.4, -0.2) is 16.1 Å². The summed E-state index contributed by atoms with van der Waals surface area (Å²) in [6, 6.07) is 1.71. The second-order valence-electron chi connectivity index (χ2n) is 3.34. The average Bonchev–Trinajstić information content (AvgIpc) is 2.09. The molecule has 14 heavy (non-hydrogen) atoms. The van der Waals surface area contributed by atoms with Gasteiger partial charge in [0.2, 0.25) is 0 Å². The van der Waals surface area contributed by atoms with E-state index >= 15 is 0 Å². The molecule has 0 radical (unpaired) electrons. The fourth-order valence-electron chi connectivity index (χ4n) is 0.966. The van der Waals surface area contributed by atoms with Gasteiger partial charge in [-0.3, -0.25) is 0 Å². The van der Waals surface area contributed by atoms with Crippen LogP contribution in [0.2, 0.25) is 0 Å². The molecule has 4 nitrogen and oxygen atoms in total. The molecule has 0 spiro atoms. The van der Waals surface area contributed by atoms with Gasteiger partial charge in [-0.15, -0.1) is 0 Å². The molecule has 1 heterocycles. The number of halogens is 1. The van der Waals surface area contributed by atoms with Gasteiger partial charge in [0.25, 0.3) is 0 Å². The van der Waals surface area contributed by atoms with Gasteiger partial charge >= 0.3 is 5.97 Å². The highest BCUT2D eigenvalue weighted by atomic mass is 79.9. The van der Waals surface area contributed by atoms with Crippen LogP contribution in [0.25, 0.3) is 0 Å². The van der Waals surface area contributed by atoms with Gasteiger partial charge in [-0.2, -0.15) is 0 Å². The van der Waals surface area contributed by atoms with Crippen molar-refractivity contribution in [1.82, 2.24) is 4.98 Å². The number of aryl methyl sites for hydroxylation is 1. The summed E-state index contributed by atoms with van der Waals surface area (Å²) in [5, 5.41) is 8.89. The summed E-state index contributed by atoms with van der Waals surface area (Å²) in [5.41, 5.74) is 5.61. The predicted molar refractivity (Wildman–Crippen MR) is 55.8 cm³/mol. The summed E-state index contributed by atoms with van der Waals surface area (Å²) in [7, 11) is 0. The molecule has 5 heteroatoms. The summed E-state index contributed by atoms with van der Waals surface area (Å²) in [6.45, 7) is 3.28. The van der Waals surface area contributed by atoms with Crippen molar-refractivity contribution in [2.45, 2.75) is 19.4 Å². The van der Waals surface area contributed by atoms with Gasteiger partial charge in [0.05, 0.1) is 0 Å². The Morgan fingerprint density at radius 2 is 2.29 bits per heavy atom. The molecular formula is C9H11BrN2O2. The maximum atomic E-state index is 10.9. The molecule has 0 saturated carbocycles. The number of nitrogens with two attached hydrogens (primary N) is 1. The predicted octanol–water partition coefficient (Wildman–Crippen LogP) is 1.41. The maximum Gasteiger partial charge on any atom is 0.328 e. The van der Waals surface area contributed by atoms with Crippen molar-refractivity contribution in [1.29, 1.82) is 0 Å². The monoisotopic (exact) mass is 258 g/mol. The summed E-state index contributed by atoms with van der Waals surface area (Å²) < 4.78 is 0.697. The number of carboxylic acids is 1. The Morgan fingerprint density at radius 3 is 2.71 bits per heavy atom. The van der Waals surface area contributed by atoms with Crippen molar-refractivity contribution in [2.75, 3.05) is 0 Å². The van der Waals surface area contributed by atoms with Crippen molar-refractivity contribution in [3.05, 3.63) is 28.0 Å². The van der Waals surface area contributed by atoms with E-state index < -0.39 is 11.5 Å². The molecule has 0 amide bonds. The maximum absolute atomic E-state index is 10.9. The number of hydrogen-bond acceptors (Lipinski definition) is 3. The van der Waals surface area contributed by atoms with E-state index in [9.17, 15) is 4.79 Å². The van der Waals surface area contributed by atoms with Gasteiger partial charge in [-0.05, 0) is 41.4 Å². The van der Waals surface area contributed by atoms with E-state index in [0.717, 1.165) is 5.56 Å². The summed E-state index contributed by atoms with van der Waals surface area (Å²) in [5.74, 6) is -1.07. The van der Waals surface area contributed by atoms with Gasteiger partial charge in [-0.1, -0.05) is 0 Å². The molecule has 0 aliphatic heterocycles. The molecular weight excluding hydrogens is 248 g/mol. The minimum Gasteiger partial charge on any atom is -0.480 e. The van der Waals surface area contributed by atoms with Crippen LogP contribution in [0.5, 0.6) is 0 Å². The number of aliphatic carboxylic acids is 1. The SMILES string of the molecule is Cc1cc(C(C)(N)C(=O)O)cnc1Br. The normalized spacial score (nSPS) is 14.9. The van der Waals surface area contributed by atoms with Crippen LogP contribution in [0, 0.1) is 6.92 Å². The molecule has 0 bridgehead atoms. The molecule has 1 aromatic heterocycles. The Kier molecular flexibility index (Phi) is 2.92. The number of pyridine rings is 1. The van der Waals surface area contributed by atoms with Crippen molar-refractivity contribution in [2.24, 2.45) is 5.73 Å². The molecule has 1 aromatic rings.